The van der Waals surface area contributed by atoms with Crippen molar-refractivity contribution >= 4 is 23.5 Å². The second-order valence-electron chi connectivity index (χ2n) is 7.64. The lowest BCUT2D eigenvalue weighted by atomic mass is 9.89. The molecular formula is C24H36O5. The van der Waals surface area contributed by atoms with E-state index in [-0.39, 0.29) is 48.1 Å². The van der Waals surface area contributed by atoms with Gasteiger partial charge in [-0.05, 0) is 43.9 Å². The predicted octanol–water partition coefficient (Wildman–Crippen LogP) is 4.99. The summed E-state index contributed by atoms with van der Waals surface area (Å²) in [5.74, 6) is -1.47. The van der Waals surface area contributed by atoms with Crippen molar-refractivity contribution < 1.29 is 23.9 Å². The molecule has 4 atom stereocenters. The van der Waals surface area contributed by atoms with Crippen LogP contribution in [0.4, 0.5) is 0 Å². The average molecular weight is 405 g/mol. The van der Waals surface area contributed by atoms with Crippen LogP contribution in [0.25, 0.3) is 0 Å². The third-order valence-corrected chi connectivity index (χ3v) is 5.79. The molecular weight excluding hydrogens is 368 g/mol. The first-order chi connectivity index (χ1) is 14.0. The maximum Gasteiger partial charge on any atom is 0.314 e. The van der Waals surface area contributed by atoms with Crippen LogP contribution in [0.15, 0.2) is 24.8 Å². The maximum atomic E-state index is 12.2. The Balaban J connectivity index is 0.00000204. The summed E-state index contributed by atoms with van der Waals surface area (Å²) < 4.78 is 4.97. The van der Waals surface area contributed by atoms with Crippen molar-refractivity contribution in [3.05, 3.63) is 24.8 Å². The molecule has 0 aromatic rings. The van der Waals surface area contributed by atoms with Crippen molar-refractivity contribution in [3.63, 3.8) is 0 Å². The molecule has 2 rings (SSSR count). The molecule has 0 aromatic carbocycles. The van der Waals surface area contributed by atoms with E-state index in [1.54, 1.807) is 6.08 Å². The molecule has 0 bridgehead atoms. The number of hydrogen-bond donors (Lipinski definition) is 0. The highest BCUT2D eigenvalue weighted by Crippen LogP contribution is 2.36. The minimum Gasteiger partial charge on any atom is -0.393 e. The first kappa shape index (κ1) is 25.0. The molecule has 0 N–H and O–H groups in total. The van der Waals surface area contributed by atoms with Gasteiger partial charge in [-0.15, -0.1) is 6.58 Å². The molecule has 0 amide bonds. The second-order valence-corrected chi connectivity index (χ2v) is 7.64. The number of hydrogen-bond acceptors (Lipinski definition) is 5. The summed E-state index contributed by atoms with van der Waals surface area (Å²) in [6, 6.07) is 0. The van der Waals surface area contributed by atoms with Crippen LogP contribution in [0.5, 0.6) is 0 Å². The molecule has 5 nitrogen and oxygen atoms in total. The van der Waals surface area contributed by atoms with Gasteiger partial charge in [0, 0.05) is 31.1 Å². The minimum atomic E-state index is -0.638. The van der Waals surface area contributed by atoms with E-state index in [9.17, 15) is 19.2 Å². The Morgan fingerprint density at radius 3 is 2.14 bits per heavy atom. The van der Waals surface area contributed by atoms with E-state index >= 15 is 0 Å². The molecule has 2 saturated carbocycles. The third-order valence-electron chi connectivity index (χ3n) is 5.79. The highest BCUT2D eigenvalue weighted by atomic mass is 16.6. The summed E-state index contributed by atoms with van der Waals surface area (Å²) in [6.07, 6.45) is 10.4. The number of allylic oxidation sites excluding steroid dienone is 3. The number of carbonyl (C=O) groups excluding carboxylic acids is 4. The Morgan fingerprint density at radius 1 is 0.931 bits per heavy atom. The van der Waals surface area contributed by atoms with Crippen LogP contribution in [-0.4, -0.2) is 23.5 Å². The van der Waals surface area contributed by atoms with Crippen molar-refractivity contribution in [2.24, 2.45) is 23.7 Å². The van der Waals surface area contributed by atoms with Gasteiger partial charge in [-0.2, -0.15) is 0 Å². The highest BCUT2D eigenvalue weighted by Gasteiger charge is 2.38. The molecule has 0 heterocycles. The predicted molar refractivity (Wildman–Crippen MR) is 113 cm³/mol. The van der Waals surface area contributed by atoms with Crippen LogP contribution < -0.4 is 0 Å². The molecule has 2 fully saturated rings. The summed E-state index contributed by atoms with van der Waals surface area (Å²) in [4.78, 5) is 48.4. The molecule has 5 heteroatoms. The standard InChI is InChI=1S/C22H30O5.C2H6/c1-3-5-6-8-17-16(10-12-19(17)23)13-21(25)27-22(26)14-18-15(7-4-2)9-11-20(18)24;1-2/h4-6,15-18H,2-3,7-14H2,1H3;1-2H3/b6-5-;. The van der Waals surface area contributed by atoms with E-state index in [0.29, 0.717) is 32.1 Å². The highest BCUT2D eigenvalue weighted by molar-refractivity contribution is 5.91. The topological polar surface area (TPSA) is 77.5 Å². The zero-order valence-corrected chi connectivity index (χ0v) is 18.2. The number of ether oxygens (including phenoxy) is 1. The van der Waals surface area contributed by atoms with Gasteiger partial charge in [0.1, 0.15) is 11.6 Å². The Morgan fingerprint density at radius 2 is 1.52 bits per heavy atom. The summed E-state index contributed by atoms with van der Waals surface area (Å²) in [5.41, 5.74) is 0. The summed E-state index contributed by atoms with van der Waals surface area (Å²) in [5, 5.41) is 0. The number of ketones is 2. The van der Waals surface area contributed by atoms with Gasteiger partial charge in [-0.3, -0.25) is 19.2 Å². The molecule has 2 aliphatic carbocycles. The Bertz CT molecular complexity index is 619. The van der Waals surface area contributed by atoms with Crippen LogP contribution in [0.2, 0.25) is 0 Å². The lowest BCUT2D eigenvalue weighted by molar-refractivity contribution is -0.161. The van der Waals surface area contributed by atoms with Crippen molar-refractivity contribution in [1.82, 2.24) is 0 Å². The van der Waals surface area contributed by atoms with E-state index in [1.165, 1.54) is 0 Å². The van der Waals surface area contributed by atoms with Crippen molar-refractivity contribution in [1.29, 1.82) is 0 Å². The summed E-state index contributed by atoms with van der Waals surface area (Å²) in [7, 11) is 0. The quantitative estimate of drug-likeness (QED) is 0.307. The molecule has 0 spiro atoms. The lowest BCUT2D eigenvalue weighted by Gasteiger charge is -2.17. The zero-order valence-electron chi connectivity index (χ0n) is 18.2. The Labute approximate surface area is 175 Å². The van der Waals surface area contributed by atoms with Gasteiger partial charge >= 0.3 is 11.9 Å². The normalized spacial score (nSPS) is 26.3. The molecule has 0 radical (unpaired) electrons. The van der Waals surface area contributed by atoms with E-state index in [4.69, 9.17) is 4.74 Å². The number of Topliss-reactive ketones (excluding diaryl/α,β-unsaturated/α-hetero) is 2. The van der Waals surface area contributed by atoms with E-state index in [0.717, 1.165) is 12.8 Å². The third kappa shape index (κ3) is 7.71. The van der Waals surface area contributed by atoms with Crippen molar-refractivity contribution in [2.45, 2.75) is 78.6 Å². The van der Waals surface area contributed by atoms with Crippen LogP contribution in [0, 0.1) is 23.7 Å². The molecule has 0 aliphatic heterocycles. The van der Waals surface area contributed by atoms with E-state index < -0.39 is 11.9 Å². The van der Waals surface area contributed by atoms with Gasteiger partial charge in [0.25, 0.3) is 0 Å². The molecule has 29 heavy (non-hydrogen) atoms. The minimum absolute atomic E-state index is 0.0463. The van der Waals surface area contributed by atoms with Gasteiger partial charge in [-0.1, -0.05) is 39.0 Å². The van der Waals surface area contributed by atoms with Crippen LogP contribution in [0.3, 0.4) is 0 Å². The monoisotopic (exact) mass is 404 g/mol. The Kier molecular flexibility index (Phi) is 11.4. The van der Waals surface area contributed by atoms with Crippen LogP contribution in [-0.2, 0) is 23.9 Å². The summed E-state index contributed by atoms with van der Waals surface area (Å²) in [6.45, 7) is 9.72. The molecule has 0 saturated heterocycles. The largest absolute Gasteiger partial charge is 0.393 e. The average Bonchev–Trinajstić information content (AvgIpc) is 3.21. The van der Waals surface area contributed by atoms with E-state index in [1.807, 2.05) is 32.9 Å². The second kappa shape index (κ2) is 13.2. The fraction of sp³-hybridized carbons (Fsp3) is 0.667. The maximum absolute atomic E-state index is 12.2. The van der Waals surface area contributed by atoms with Gasteiger partial charge < -0.3 is 4.74 Å². The SMILES string of the molecule is C=CCC1CCC(=O)C1CC(=O)OC(=O)CC1CCC(=O)C1C/C=C\CC.CC. The van der Waals surface area contributed by atoms with Gasteiger partial charge in [0.15, 0.2) is 0 Å². The summed E-state index contributed by atoms with van der Waals surface area (Å²) >= 11 is 0. The first-order valence-corrected chi connectivity index (χ1v) is 11.0. The number of esters is 2. The smallest absolute Gasteiger partial charge is 0.314 e. The van der Waals surface area contributed by atoms with Crippen molar-refractivity contribution in [2.75, 3.05) is 0 Å². The zero-order chi connectivity index (χ0) is 21.8. The Hall–Kier alpha value is -2.04. The van der Waals surface area contributed by atoms with E-state index in [2.05, 4.69) is 6.58 Å². The fourth-order valence-corrected chi connectivity index (χ4v) is 4.31. The number of carbonyl (C=O) groups is 4. The fourth-order valence-electron chi connectivity index (χ4n) is 4.31. The van der Waals surface area contributed by atoms with Crippen molar-refractivity contribution in [3.8, 4) is 0 Å². The lowest BCUT2D eigenvalue weighted by Crippen LogP contribution is -2.24. The molecule has 0 aromatic heterocycles. The molecule has 4 unspecified atom stereocenters. The van der Waals surface area contributed by atoms with Crippen LogP contribution in [0.1, 0.15) is 78.6 Å². The number of rotatable bonds is 9. The van der Waals surface area contributed by atoms with Gasteiger partial charge in [0.2, 0.25) is 0 Å². The van der Waals surface area contributed by atoms with Gasteiger partial charge in [-0.25, -0.2) is 0 Å². The first-order valence-electron chi connectivity index (χ1n) is 11.0. The molecule has 162 valence electrons. The molecule has 2 aliphatic rings. The van der Waals surface area contributed by atoms with Crippen LogP contribution >= 0.6 is 0 Å². The van der Waals surface area contributed by atoms with Gasteiger partial charge in [0.05, 0.1) is 6.42 Å².